The van der Waals surface area contributed by atoms with Gasteiger partial charge in [0.15, 0.2) is 5.82 Å². The molecule has 0 unspecified atom stereocenters. The Balaban J connectivity index is 1.57. The lowest BCUT2D eigenvalue weighted by atomic mass is 10.2. The lowest BCUT2D eigenvalue weighted by Crippen LogP contribution is -2.34. The first-order valence-electron chi connectivity index (χ1n) is 8.70. The number of amides is 2. The molecule has 0 aliphatic carbocycles. The number of aromatic nitrogens is 2. The van der Waals surface area contributed by atoms with Gasteiger partial charge in [-0.25, -0.2) is 0 Å². The Morgan fingerprint density at radius 1 is 1.12 bits per heavy atom. The van der Waals surface area contributed by atoms with Gasteiger partial charge >= 0.3 is 0 Å². The molecular weight excluding hydrogens is 356 g/mol. The second-order valence-corrected chi connectivity index (χ2v) is 6.26. The maximum Gasteiger partial charge on any atom is 0.251 e. The van der Waals surface area contributed by atoms with Crippen LogP contribution in [0.4, 0.5) is 0 Å². The van der Waals surface area contributed by atoms with Crippen LogP contribution < -0.4 is 10.6 Å². The predicted octanol–water partition coefficient (Wildman–Crippen LogP) is 2.54. The van der Waals surface area contributed by atoms with Gasteiger partial charge in [0.2, 0.25) is 11.8 Å². The molecule has 0 aliphatic rings. The summed E-state index contributed by atoms with van der Waals surface area (Å²) in [6.45, 7) is 2.79. The van der Waals surface area contributed by atoms with Crippen molar-refractivity contribution in [1.29, 1.82) is 0 Å². The summed E-state index contributed by atoms with van der Waals surface area (Å²) in [4.78, 5) is 27.9. The van der Waals surface area contributed by atoms with Crippen molar-refractivity contribution < 1.29 is 14.1 Å². The zero-order chi connectivity index (χ0) is 18.8. The minimum absolute atomic E-state index is 0.0703. The van der Waals surface area contributed by atoms with E-state index in [1.165, 1.54) is 0 Å². The van der Waals surface area contributed by atoms with Gasteiger partial charge in [0, 0.05) is 42.9 Å². The van der Waals surface area contributed by atoms with Gasteiger partial charge in [-0.1, -0.05) is 23.7 Å². The number of halogens is 1. The molecule has 0 saturated carbocycles. The highest BCUT2D eigenvalue weighted by atomic mass is 35.5. The van der Waals surface area contributed by atoms with Crippen molar-refractivity contribution in [1.82, 2.24) is 20.8 Å². The molecule has 0 saturated heterocycles. The van der Waals surface area contributed by atoms with Gasteiger partial charge in [-0.05, 0) is 37.1 Å². The monoisotopic (exact) mass is 378 g/mol. The molecule has 0 radical (unpaired) electrons. The number of benzene rings is 1. The molecule has 0 aliphatic heterocycles. The van der Waals surface area contributed by atoms with Crippen LogP contribution in [0.2, 0.25) is 5.02 Å². The van der Waals surface area contributed by atoms with E-state index in [1.807, 2.05) is 0 Å². The quantitative estimate of drug-likeness (QED) is 0.619. The zero-order valence-corrected chi connectivity index (χ0v) is 15.5. The van der Waals surface area contributed by atoms with Gasteiger partial charge in [0.1, 0.15) is 0 Å². The highest BCUT2D eigenvalue weighted by molar-refractivity contribution is 6.30. The van der Waals surface area contributed by atoms with Crippen LogP contribution in [0, 0.1) is 0 Å². The van der Waals surface area contributed by atoms with Crippen molar-refractivity contribution in [2.75, 3.05) is 13.1 Å². The van der Waals surface area contributed by atoms with Crippen molar-refractivity contribution in [3.8, 4) is 0 Å². The Hall–Kier alpha value is -2.41. The van der Waals surface area contributed by atoms with Crippen LogP contribution in [0.25, 0.3) is 0 Å². The summed E-state index contributed by atoms with van der Waals surface area (Å²) < 4.78 is 5.12. The van der Waals surface area contributed by atoms with Crippen molar-refractivity contribution >= 4 is 23.4 Å². The number of aryl methyl sites for hydroxylation is 2. The van der Waals surface area contributed by atoms with Gasteiger partial charge in [0.05, 0.1) is 0 Å². The number of nitrogens with one attached hydrogen (secondary N) is 2. The fourth-order valence-electron chi connectivity index (χ4n) is 2.29. The maximum absolute atomic E-state index is 11.9. The van der Waals surface area contributed by atoms with Crippen LogP contribution in [0.15, 0.2) is 28.8 Å². The third-order valence-corrected chi connectivity index (χ3v) is 3.87. The van der Waals surface area contributed by atoms with E-state index in [0.717, 1.165) is 12.8 Å². The molecule has 0 atom stereocenters. The average molecular weight is 379 g/mol. The molecule has 2 amide bonds. The van der Waals surface area contributed by atoms with E-state index >= 15 is 0 Å². The molecule has 0 bridgehead atoms. The van der Waals surface area contributed by atoms with Crippen LogP contribution in [0.3, 0.4) is 0 Å². The number of nitrogens with zero attached hydrogens (tertiary/aromatic N) is 2. The summed E-state index contributed by atoms with van der Waals surface area (Å²) in [5, 5.41) is 9.97. The first-order valence-corrected chi connectivity index (χ1v) is 9.08. The molecule has 0 fully saturated rings. The van der Waals surface area contributed by atoms with E-state index in [-0.39, 0.29) is 11.8 Å². The summed E-state index contributed by atoms with van der Waals surface area (Å²) in [6.07, 6.45) is 3.35. The normalized spacial score (nSPS) is 10.5. The summed E-state index contributed by atoms with van der Waals surface area (Å²) in [5.41, 5.74) is 0.530. The molecule has 2 rings (SSSR count). The Labute approximate surface area is 157 Å². The third-order valence-electron chi connectivity index (χ3n) is 3.62. The topological polar surface area (TPSA) is 97.1 Å². The molecule has 26 heavy (non-hydrogen) atoms. The fourth-order valence-corrected chi connectivity index (χ4v) is 2.41. The molecule has 8 heteroatoms. The van der Waals surface area contributed by atoms with Crippen LogP contribution in [0.1, 0.15) is 48.3 Å². The minimum Gasteiger partial charge on any atom is -0.354 e. The van der Waals surface area contributed by atoms with Crippen LogP contribution >= 0.6 is 11.6 Å². The number of carbonyl (C=O) groups is 2. The molecule has 1 heterocycles. The molecule has 140 valence electrons. The molecular formula is C18H23ClN4O3. The third kappa shape index (κ3) is 6.84. The summed E-state index contributed by atoms with van der Waals surface area (Å²) >= 11 is 5.78. The second-order valence-electron chi connectivity index (χ2n) is 5.82. The highest BCUT2D eigenvalue weighted by Gasteiger charge is 2.08. The fraction of sp³-hybridized carbons (Fsp3) is 0.444. The molecule has 1 aromatic heterocycles. The van der Waals surface area contributed by atoms with Gasteiger partial charge in [0.25, 0.3) is 5.91 Å². The van der Waals surface area contributed by atoms with Crippen molar-refractivity contribution in [2.24, 2.45) is 0 Å². The first kappa shape index (κ1) is 19.9. The van der Waals surface area contributed by atoms with Gasteiger partial charge in [-0.2, -0.15) is 4.98 Å². The van der Waals surface area contributed by atoms with Crippen molar-refractivity contribution in [2.45, 2.75) is 39.0 Å². The van der Waals surface area contributed by atoms with Gasteiger partial charge in [-0.15, -0.1) is 0 Å². The molecule has 7 nitrogen and oxygen atoms in total. The lowest BCUT2D eigenvalue weighted by molar-refractivity contribution is -0.121. The van der Waals surface area contributed by atoms with Crippen molar-refractivity contribution in [3.63, 3.8) is 0 Å². The Bertz CT molecular complexity index is 715. The molecule has 2 N–H and O–H groups in total. The van der Waals surface area contributed by atoms with E-state index < -0.39 is 0 Å². The Kier molecular flexibility index (Phi) is 8.08. The largest absolute Gasteiger partial charge is 0.354 e. The minimum atomic E-state index is -0.199. The Morgan fingerprint density at radius 3 is 2.58 bits per heavy atom. The standard InChI is InChI=1S/C18H23ClN4O3/c1-2-4-15-22-17(26-23-15)6-3-5-16(24)20-11-12-21-18(25)13-7-9-14(19)10-8-13/h7-10H,2-6,11-12H2,1H3,(H,20,24)(H,21,25). The smallest absolute Gasteiger partial charge is 0.251 e. The number of hydrogen-bond acceptors (Lipinski definition) is 5. The van der Waals surface area contributed by atoms with E-state index in [1.54, 1.807) is 24.3 Å². The van der Waals surface area contributed by atoms with E-state index in [4.69, 9.17) is 16.1 Å². The molecule has 0 spiro atoms. The van der Waals surface area contributed by atoms with E-state index in [0.29, 0.717) is 54.7 Å². The number of rotatable bonds is 10. The highest BCUT2D eigenvalue weighted by Crippen LogP contribution is 2.09. The predicted molar refractivity (Wildman–Crippen MR) is 98.0 cm³/mol. The average Bonchev–Trinajstić information content (AvgIpc) is 3.07. The van der Waals surface area contributed by atoms with Crippen LogP contribution in [0.5, 0.6) is 0 Å². The zero-order valence-electron chi connectivity index (χ0n) is 14.8. The number of hydrogen-bond donors (Lipinski definition) is 2. The second kappa shape index (κ2) is 10.6. The SMILES string of the molecule is CCCc1noc(CCCC(=O)NCCNC(=O)c2ccc(Cl)cc2)n1. The summed E-state index contributed by atoms with van der Waals surface area (Å²) in [7, 11) is 0. The van der Waals surface area contributed by atoms with Crippen LogP contribution in [-0.2, 0) is 17.6 Å². The lowest BCUT2D eigenvalue weighted by Gasteiger charge is -2.07. The van der Waals surface area contributed by atoms with E-state index in [9.17, 15) is 9.59 Å². The summed E-state index contributed by atoms with van der Waals surface area (Å²) in [6, 6.07) is 6.62. The first-order chi connectivity index (χ1) is 12.6. The van der Waals surface area contributed by atoms with Crippen molar-refractivity contribution in [3.05, 3.63) is 46.6 Å². The van der Waals surface area contributed by atoms with E-state index in [2.05, 4.69) is 27.7 Å². The van der Waals surface area contributed by atoms with Gasteiger partial charge in [-0.3, -0.25) is 9.59 Å². The molecule has 1 aromatic carbocycles. The van der Waals surface area contributed by atoms with Gasteiger partial charge < -0.3 is 15.2 Å². The summed E-state index contributed by atoms with van der Waals surface area (Å²) in [5.74, 6) is 1.01. The Morgan fingerprint density at radius 2 is 1.85 bits per heavy atom. The molecule has 2 aromatic rings. The van der Waals surface area contributed by atoms with Crippen LogP contribution in [-0.4, -0.2) is 35.0 Å². The number of carbonyl (C=O) groups excluding carboxylic acids is 2. The maximum atomic E-state index is 11.9.